The Balaban J connectivity index is 1.54. The summed E-state index contributed by atoms with van der Waals surface area (Å²) in [6.45, 7) is 0.216. The molecular weight excluding hydrogens is 403 g/mol. The largest absolute Gasteiger partial charge is 0.416 e. The number of ether oxygens (including phenoxy) is 1. The van der Waals surface area contributed by atoms with Crippen molar-refractivity contribution in [1.29, 1.82) is 0 Å². The summed E-state index contributed by atoms with van der Waals surface area (Å²) in [4.78, 5) is 43.0. The van der Waals surface area contributed by atoms with Gasteiger partial charge in [-0.15, -0.1) is 0 Å². The van der Waals surface area contributed by atoms with Gasteiger partial charge in [0.1, 0.15) is 0 Å². The Morgan fingerprint density at radius 2 is 1.63 bits per heavy atom. The van der Waals surface area contributed by atoms with E-state index in [4.69, 9.17) is 9.57 Å². The third-order valence-corrected chi connectivity index (χ3v) is 5.29. The molecule has 1 fully saturated rings. The van der Waals surface area contributed by atoms with Gasteiger partial charge in [-0.2, -0.15) is 13.2 Å². The van der Waals surface area contributed by atoms with Crippen molar-refractivity contribution in [3.63, 3.8) is 0 Å². The lowest BCUT2D eigenvalue weighted by atomic mass is 9.81. The smallest absolute Gasteiger partial charge is 0.380 e. The number of hydrogen-bond acceptors (Lipinski definition) is 5. The first-order valence-corrected chi connectivity index (χ1v) is 9.15. The van der Waals surface area contributed by atoms with Crippen molar-refractivity contribution in [2.75, 3.05) is 13.2 Å². The van der Waals surface area contributed by atoms with Crippen LogP contribution in [0.1, 0.15) is 38.3 Å². The Kier molecular flexibility index (Phi) is 4.85. The van der Waals surface area contributed by atoms with Crippen LogP contribution < -0.4 is 0 Å². The number of carbonyl (C=O) groups is 3. The van der Waals surface area contributed by atoms with Crippen LogP contribution in [0.15, 0.2) is 48.5 Å². The van der Waals surface area contributed by atoms with Crippen molar-refractivity contribution in [1.82, 2.24) is 5.06 Å². The summed E-state index contributed by atoms with van der Waals surface area (Å²) in [7, 11) is 0. The van der Waals surface area contributed by atoms with Crippen LogP contribution in [0.4, 0.5) is 13.2 Å². The lowest BCUT2D eigenvalue weighted by Crippen LogP contribution is -2.42. The van der Waals surface area contributed by atoms with Crippen LogP contribution in [0.2, 0.25) is 0 Å². The van der Waals surface area contributed by atoms with Gasteiger partial charge in [0.25, 0.3) is 11.8 Å². The topological polar surface area (TPSA) is 72.9 Å². The molecule has 30 heavy (non-hydrogen) atoms. The molecule has 6 nitrogen and oxygen atoms in total. The zero-order valence-corrected chi connectivity index (χ0v) is 15.6. The first kappa shape index (κ1) is 20.1. The first-order valence-electron chi connectivity index (χ1n) is 9.15. The minimum absolute atomic E-state index is 0.0317. The molecule has 1 unspecified atom stereocenters. The fourth-order valence-corrected chi connectivity index (χ4v) is 3.61. The Morgan fingerprint density at radius 3 is 2.13 bits per heavy atom. The van der Waals surface area contributed by atoms with Crippen LogP contribution in [0, 0.1) is 5.41 Å². The van der Waals surface area contributed by atoms with E-state index in [9.17, 15) is 27.6 Å². The summed E-state index contributed by atoms with van der Waals surface area (Å²) < 4.78 is 43.7. The Morgan fingerprint density at radius 1 is 1.03 bits per heavy atom. The van der Waals surface area contributed by atoms with E-state index in [1.807, 2.05) is 0 Å². The number of hydrogen-bond donors (Lipinski definition) is 0. The van der Waals surface area contributed by atoms with E-state index in [1.54, 1.807) is 12.1 Å². The van der Waals surface area contributed by atoms with Gasteiger partial charge in [0.2, 0.25) is 0 Å². The SMILES string of the molecule is O=C1c2ccccc2C(=O)N1OC(=O)C1(Cc2ccc(C(F)(F)F)cc2)CCOC1. The summed E-state index contributed by atoms with van der Waals surface area (Å²) in [5.41, 5.74) is -1.26. The molecule has 4 rings (SSSR count). The average molecular weight is 419 g/mol. The number of rotatable bonds is 4. The Labute approximate surface area is 169 Å². The summed E-state index contributed by atoms with van der Waals surface area (Å²) in [5, 5.41) is 0.430. The number of carbonyl (C=O) groups excluding carboxylic acids is 3. The summed E-state index contributed by atoms with van der Waals surface area (Å²) in [6.07, 6.45) is -4.17. The first-order chi connectivity index (χ1) is 14.2. The Hall–Kier alpha value is -3.20. The summed E-state index contributed by atoms with van der Waals surface area (Å²) in [5.74, 6) is -2.32. The fraction of sp³-hybridized carbons (Fsp3) is 0.286. The molecule has 0 spiro atoms. The van der Waals surface area contributed by atoms with Gasteiger partial charge in [-0.1, -0.05) is 29.3 Å². The number of nitrogens with zero attached hydrogens (tertiary/aromatic N) is 1. The molecule has 2 amide bonds. The fourth-order valence-electron chi connectivity index (χ4n) is 3.61. The molecule has 0 aliphatic carbocycles. The van der Waals surface area contributed by atoms with Crippen LogP contribution in [0.5, 0.6) is 0 Å². The molecule has 0 bridgehead atoms. The van der Waals surface area contributed by atoms with Crippen molar-refractivity contribution in [3.05, 3.63) is 70.8 Å². The second-order valence-corrected chi connectivity index (χ2v) is 7.28. The number of halogens is 3. The standard InChI is InChI=1S/C21H16F3NO5/c22-21(23,24)14-7-5-13(6-8-14)11-20(9-10-29-12-20)19(28)30-25-17(26)15-3-1-2-4-16(15)18(25)27/h1-8H,9-12H2. The number of imide groups is 1. The highest BCUT2D eigenvalue weighted by atomic mass is 19.4. The highest BCUT2D eigenvalue weighted by molar-refractivity contribution is 6.20. The molecule has 0 aromatic heterocycles. The predicted octanol–water partition coefficient (Wildman–Crippen LogP) is 3.41. The van der Waals surface area contributed by atoms with Crippen molar-refractivity contribution >= 4 is 17.8 Å². The minimum Gasteiger partial charge on any atom is -0.380 e. The number of benzene rings is 2. The molecule has 2 heterocycles. The molecule has 2 aliphatic rings. The maximum atomic E-state index is 13.0. The molecular formula is C21H16F3NO5. The zero-order chi connectivity index (χ0) is 21.5. The van der Waals surface area contributed by atoms with Crippen LogP contribution >= 0.6 is 0 Å². The molecule has 1 saturated heterocycles. The lowest BCUT2D eigenvalue weighted by molar-refractivity contribution is -0.181. The minimum atomic E-state index is -4.46. The summed E-state index contributed by atoms with van der Waals surface area (Å²) in [6, 6.07) is 10.6. The second kappa shape index (κ2) is 7.24. The molecule has 0 radical (unpaired) electrons. The third-order valence-electron chi connectivity index (χ3n) is 5.29. The van der Waals surface area contributed by atoms with E-state index >= 15 is 0 Å². The maximum Gasteiger partial charge on any atom is 0.416 e. The van der Waals surface area contributed by atoms with Crippen molar-refractivity contribution in [2.45, 2.75) is 19.0 Å². The van der Waals surface area contributed by atoms with Gasteiger partial charge in [0.15, 0.2) is 0 Å². The van der Waals surface area contributed by atoms with Crippen molar-refractivity contribution in [2.24, 2.45) is 5.41 Å². The van der Waals surface area contributed by atoms with Crippen LogP contribution in [0.25, 0.3) is 0 Å². The van der Waals surface area contributed by atoms with E-state index < -0.39 is 34.9 Å². The number of fused-ring (bicyclic) bond motifs is 1. The number of amides is 2. The molecule has 1 atom stereocenters. The van der Waals surface area contributed by atoms with Gasteiger partial charge in [0, 0.05) is 6.61 Å². The molecule has 9 heteroatoms. The molecule has 2 aliphatic heterocycles. The maximum absolute atomic E-state index is 13.0. The molecule has 0 saturated carbocycles. The highest BCUT2D eigenvalue weighted by Gasteiger charge is 2.48. The quantitative estimate of drug-likeness (QED) is 0.711. The van der Waals surface area contributed by atoms with Gasteiger partial charge < -0.3 is 9.57 Å². The number of alkyl halides is 3. The van der Waals surface area contributed by atoms with Gasteiger partial charge in [0.05, 0.1) is 28.7 Å². The van der Waals surface area contributed by atoms with Gasteiger partial charge >= 0.3 is 12.1 Å². The van der Waals surface area contributed by atoms with Crippen LogP contribution in [-0.4, -0.2) is 36.1 Å². The average Bonchev–Trinajstić information content (AvgIpc) is 3.28. The normalized spacial score (nSPS) is 21.1. The molecule has 156 valence electrons. The van der Waals surface area contributed by atoms with Crippen LogP contribution in [-0.2, 0) is 27.0 Å². The molecule has 2 aromatic rings. The van der Waals surface area contributed by atoms with E-state index in [0.29, 0.717) is 10.6 Å². The highest BCUT2D eigenvalue weighted by Crippen LogP contribution is 2.36. The molecule has 0 N–H and O–H groups in total. The van der Waals surface area contributed by atoms with E-state index in [-0.39, 0.29) is 37.2 Å². The predicted molar refractivity (Wildman–Crippen MR) is 96.1 cm³/mol. The van der Waals surface area contributed by atoms with Crippen molar-refractivity contribution in [3.8, 4) is 0 Å². The van der Waals surface area contributed by atoms with E-state index in [1.165, 1.54) is 24.3 Å². The van der Waals surface area contributed by atoms with Gasteiger partial charge in [-0.25, -0.2) is 4.79 Å². The lowest BCUT2D eigenvalue weighted by Gasteiger charge is -2.26. The van der Waals surface area contributed by atoms with Gasteiger partial charge in [-0.05, 0) is 42.7 Å². The zero-order valence-electron chi connectivity index (χ0n) is 15.6. The van der Waals surface area contributed by atoms with E-state index in [2.05, 4.69) is 0 Å². The van der Waals surface area contributed by atoms with Crippen LogP contribution in [0.3, 0.4) is 0 Å². The number of hydroxylamine groups is 2. The van der Waals surface area contributed by atoms with Gasteiger partial charge in [-0.3, -0.25) is 9.59 Å². The third kappa shape index (κ3) is 3.45. The second-order valence-electron chi connectivity index (χ2n) is 7.28. The molecule has 2 aromatic carbocycles. The summed E-state index contributed by atoms with van der Waals surface area (Å²) >= 11 is 0. The van der Waals surface area contributed by atoms with Crippen molar-refractivity contribution < 1.29 is 37.1 Å². The van der Waals surface area contributed by atoms with E-state index in [0.717, 1.165) is 12.1 Å². The monoisotopic (exact) mass is 419 g/mol. The Bertz CT molecular complexity index is 975.